The van der Waals surface area contributed by atoms with E-state index in [-0.39, 0.29) is 18.0 Å². The summed E-state index contributed by atoms with van der Waals surface area (Å²) in [6, 6.07) is 10.7. The highest BCUT2D eigenvalue weighted by atomic mass is 19.1. The van der Waals surface area contributed by atoms with Crippen LogP contribution in [0.25, 0.3) is 22.3 Å². The fourth-order valence-electron chi connectivity index (χ4n) is 7.13. The van der Waals surface area contributed by atoms with Gasteiger partial charge in [-0.1, -0.05) is 25.0 Å². The number of rotatable bonds is 6. The standard InChI is InChI=1S/C34H40FN7O/c1-21(2)41-20-37-29-18-28(39-32(31(29)41)38-27-11-12-36-19-26(27)35)22-9-10-25-30(15-22)42(33(43)34(25,3)4)24-16-23(17-24)40-13-7-5-6-8-14-40/h9-12,15,18-21,23-24H,5-8,13-14,16-17H2,1-4H3,(H,36,38,39)/t23-,24+. The number of pyridine rings is 2. The van der Waals surface area contributed by atoms with Crippen molar-refractivity contribution in [2.75, 3.05) is 23.3 Å². The van der Waals surface area contributed by atoms with E-state index in [1.165, 1.54) is 45.0 Å². The third-order valence-corrected chi connectivity index (χ3v) is 9.72. The van der Waals surface area contributed by atoms with Crippen LogP contribution in [0.5, 0.6) is 0 Å². The fourth-order valence-corrected chi connectivity index (χ4v) is 7.13. The van der Waals surface area contributed by atoms with E-state index in [9.17, 15) is 9.18 Å². The minimum absolute atomic E-state index is 0.142. The van der Waals surface area contributed by atoms with Crippen molar-refractivity contribution in [1.82, 2.24) is 24.4 Å². The van der Waals surface area contributed by atoms with Crippen molar-refractivity contribution in [2.45, 2.75) is 89.8 Å². The summed E-state index contributed by atoms with van der Waals surface area (Å²) in [6.45, 7) is 10.6. The van der Waals surface area contributed by atoms with Crippen molar-refractivity contribution in [3.8, 4) is 11.3 Å². The SMILES string of the molecule is CC(C)n1cnc2cc(-c3ccc4c(c3)N([C@H]3C[C@@H](N5CCCCCC5)C3)C(=O)C4(C)C)nc(Nc3ccncc3F)c21. The number of carbonyl (C=O) groups excluding carboxylic acids is 1. The van der Waals surface area contributed by atoms with E-state index < -0.39 is 11.2 Å². The summed E-state index contributed by atoms with van der Waals surface area (Å²) in [7, 11) is 0. The molecular formula is C34H40FN7O. The second kappa shape index (κ2) is 10.7. The molecule has 1 saturated heterocycles. The molecule has 1 saturated carbocycles. The molecule has 0 unspecified atom stereocenters. The van der Waals surface area contributed by atoms with Crippen LogP contribution in [0.1, 0.15) is 77.8 Å². The highest BCUT2D eigenvalue weighted by Gasteiger charge is 2.50. The lowest BCUT2D eigenvalue weighted by atomic mass is 9.83. The number of nitrogens with one attached hydrogen (secondary N) is 1. The van der Waals surface area contributed by atoms with Crippen LogP contribution in [0, 0.1) is 5.82 Å². The molecule has 1 amide bonds. The number of imidazole rings is 1. The number of nitrogens with zero attached hydrogens (tertiary/aromatic N) is 6. The predicted octanol–water partition coefficient (Wildman–Crippen LogP) is 6.99. The molecule has 0 bridgehead atoms. The van der Waals surface area contributed by atoms with Crippen molar-refractivity contribution in [3.05, 3.63) is 60.4 Å². The van der Waals surface area contributed by atoms with E-state index in [0.717, 1.165) is 46.4 Å². The number of aromatic nitrogens is 4. The second-order valence-electron chi connectivity index (χ2n) is 13.2. The third-order valence-electron chi connectivity index (χ3n) is 9.72. The molecule has 9 heteroatoms. The van der Waals surface area contributed by atoms with Gasteiger partial charge in [-0.2, -0.15) is 0 Å². The summed E-state index contributed by atoms with van der Waals surface area (Å²) < 4.78 is 16.7. The van der Waals surface area contributed by atoms with Gasteiger partial charge in [0.25, 0.3) is 0 Å². The van der Waals surface area contributed by atoms with Crippen LogP contribution in [-0.2, 0) is 10.2 Å². The van der Waals surface area contributed by atoms with E-state index in [1.807, 2.05) is 30.5 Å². The molecular weight excluding hydrogens is 541 g/mol. The molecule has 2 fully saturated rings. The predicted molar refractivity (Wildman–Crippen MR) is 168 cm³/mol. The van der Waals surface area contributed by atoms with Crippen LogP contribution in [0.2, 0.25) is 0 Å². The lowest BCUT2D eigenvalue weighted by molar-refractivity contribution is -0.123. The van der Waals surface area contributed by atoms with Crippen LogP contribution in [-0.4, -0.2) is 55.5 Å². The van der Waals surface area contributed by atoms with Crippen molar-refractivity contribution in [2.24, 2.45) is 0 Å². The van der Waals surface area contributed by atoms with E-state index in [0.29, 0.717) is 17.5 Å². The van der Waals surface area contributed by atoms with Crippen LogP contribution < -0.4 is 10.2 Å². The minimum atomic E-state index is -0.583. The first kappa shape index (κ1) is 28.0. The van der Waals surface area contributed by atoms with Gasteiger partial charge in [-0.3, -0.25) is 9.78 Å². The molecule has 0 spiro atoms. The summed E-state index contributed by atoms with van der Waals surface area (Å²) in [6.07, 6.45) is 11.8. The summed E-state index contributed by atoms with van der Waals surface area (Å²) >= 11 is 0. The Morgan fingerprint density at radius 3 is 2.51 bits per heavy atom. The van der Waals surface area contributed by atoms with Crippen molar-refractivity contribution >= 4 is 34.1 Å². The summed E-state index contributed by atoms with van der Waals surface area (Å²) in [5, 5.41) is 3.21. The number of hydrogen-bond acceptors (Lipinski definition) is 6. The molecule has 7 rings (SSSR count). The Labute approximate surface area is 252 Å². The molecule has 1 N–H and O–H groups in total. The number of likely N-dealkylation sites (tertiary alicyclic amines) is 1. The Kier molecular flexibility index (Phi) is 6.95. The molecule has 0 radical (unpaired) electrons. The molecule has 3 aromatic heterocycles. The van der Waals surface area contributed by atoms with Crippen molar-refractivity contribution < 1.29 is 9.18 Å². The van der Waals surface area contributed by atoms with Crippen LogP contribution >= 0.6 is 0 Å². The maximum atomic E-state index is 14.7. The zero-order chi connectivity index (χ0) is 29.9. The van der Waals surface area contributed by atoms with Gasteiger partial charge >= 0.3 is 0 Å². The van der Waals surface area contributed by atoms with E-state index in [4.69, 9.17) is 9.97 Å². The third kappa shape index (κ3) is 4.78. The molecule has 2 aliphatic heterocycles. The summed E-state index contributed by atoms with van der Waals surface area (Å²) in [5.74, 6) is 0.247. The molecule has 1 aliphatic carbocycles. The van der Waals surface area contributed by atoms with Crippen molar-refractivity contribution in [1.29, 1.82) is 0 Å². The lowest BCUT2D eigenvalue weighted by Gasteiger charge is -2.46. The Bertz CT molecular complexity index is 1680. The fraction of sp³-hybridized carbons (Fsp3) is 0.471. The largest absolute Gasteiger partial charge is 0.336 e. The van der Waals surface area contributed by atoms with Gasteiger partial charge in [-0.25, -0.2) is 14.4 Å². The number of halogens is 1. The summed E-state index contributed by atoms with van der Waals surface area (Å²) in [5.41, 5.74) is 4.95. The van der Waals surface area contributed by atoms with Crippen LogP contribution in [0.4, 0.5) is 21.6 Å². The highest BCUT2D eigenvalue weighted by molar-refractivity contribution is 6.08. The molecule has 3 aliphatic rings. The smallest absolute Gasteiger partial charge is 0.237 e. The van der Waals surface area contributed by atoms with Gasteiger partial charge in [0.15, 0.2) is 11.6 Å². The van der Waals surface area contributed by atoms with E-state index >= 15 is 0 Å². The summed E-state index contributed by atoms with van der Waals surface area (Å²) in [4.78, 5) is 32.2. The number of anilines is 3. The Hall–Kier alpha value is -3.85. The molecule has 0 atom stereocenters. The van der Waals surface area contributed by atoms with Gasteiger partial charge in [0.1, 0.15) is 5.52 Å². The van der Waals surface area contributed by atoms with E-state index in [1.54, 1.807) is 18.6 Å². The lowest BCUT2D eigenvalue weighted by Crippen LogP contribution is -2.56. The molecule has 224 valence electrons. The normalized spacial score (nSPS) is 22.1. The molecule has 5 heterocycles. The van der Waals surface area contributed by atoms with Gasteiger partial charge in [-0.15, -0.1) is 0 Å². The quantitative estimate of drug-likeness (QED) is 0.265. The molecule has 8 nitrogen and oxygen atoms in total. The van der Waals surface area contributed by atoms with Gasteiger partial charge in [-0.05, 0) is 90.2 Å². The van der Waals surface area contributed by atoms with Crippen LogP contribution in [0.15, 0.2) is 49.1 Å². The number of hydrogen-bond donors (Lipinski definition) is 1. The topological polar surface area (TPSA) is 79.2 Å². The maximum Gasteiger partial charge on any atom is 0.237 e. The maximum absolute atomic E-state index is 14.7. The van der Waals surface area contributed by atoms with Gasteiger partial charge in [0, 0.05) is 35.6 Å². The average molecular weight is 582 g/mol. The Morgan fingerprint density at radius 1 is 1.02 bits per heavy atom. The first-order chi connectivity index (χ1) is 20.7. The molecule has 1 aromatic carbocycles. The van der Waals surface area contributed by atoms with E-state index in [2.05, 4.69) is 46.1 Å². The Balaban J connectivity index is 1.25. The van der Waals surface area contributed by atoms with Gasteiger partial charge < -0.3 is 19.7 Å². The second-order valence-corrected chi connectivity index (χ2v) is 13.2. The van der Waals surface area contributed by atoms with Gasteiger partial charge in [0.05, 0.1) is 34.8 Å². The molecule has 43 heavy (non-hydrogen) atoms. The Morgan fingerprint density at radius 2 is 1.79 bits per heavy atom. The molecule has 4 aromatic rings. The average Bonchev–Trinajstić information content (AvgIpc) is 3.33. The number of amides is 1. The first-order valence-electron chi connectivity index (χ1n) is 15.7. The highest BCUT2D eigenvalue weighted by Crippen LogP contribution is 2.48. The minimum Gasteiger partial charge on any atom is -0.336 e. The number of carbonyl (C=O) groups is 1. The number of fused-ring (bicyclic) bond motifs is 2. The van der Waals surface area contributed by atoms with Crippen LogP contribution in [0.3, 0.4) is 0 Å². The monoisotopic (exact) mass is 581 g/mol. The van der Waals surface area contributed by atoms with Gasteiger partial charge in [0.2, 0.25) is 5.91 Å². The van der Waals surface area contributed by atoms with Crippen molar-refractivity contribution in [3.63, 3.8) is 0 Å². The zero-order valence-electron chi connectivity index (χ0n) is 25.5. The number of benzene rings is 1. The first-order valence-corrected chi connectivity index (χ1v) is 15.7. The zero-order valence-corrected chi connectivity index (χ0v) is 25.5.